The lowest BCUT2D eigenvalue weighted by Gasteiger charge is -1.89. The molecule has 0 saturated heterocycles. The summed E-state index contributed by atoms with van der Waals surface area (Å²) in [5.41, 5.74) is 0. The minimum absolute atomic E-state index is 0.00702. The van der Waals surface area contributed by atoms with Crippen LogP contribution in [0.25, 0.3) is 0 Å². The molecule has 0 heterocycles. The summed E-state index contributed by atoms with van der Waals surface area (Å²) in [4.78, 5) is 20.0. The SMILES string of the molecule is O=C(O)CC=CCCCC(=O)O. The second kappa shape index (κ2) is 6.39. The van der Waals surface area contributed by atoms with E-state index in [4.69, 9.17) is 10.2 Å². The van der Waals surface area contributed by atoms with E-state index in [0.717, 1.165) is 0 Å². The maximum Gasteiger partial charge on any atom is 0.307 e. The minimum Gasteiger partial charge on any atom is -0.481 e. The van der Waals surface area contributed by atoms with Crippen molar-refractivity contribution in [3.8, 4) is 0 Å². The van der Waals surface area contributed by atoms with Gasteiger partial charge in [-0.25, -0.2) is 0 Å². The molecular formula is C8H12O4. The molecule has 0 radical (unpaired) electrons. The van der Waals surface area contributed by atoms with Crippen molar-refractivity contribution in [2.24, 2.45) is 0 Å². The van der Waals surface area contributed by atoms with Gasteiger partial charge in [-0.1, -0.05) is 12.2 Å². The third-order valence-corrected chi connectivity index (χ3v) is 1.22. The van der Waals surface area contributed by atoms with Crippen LogP contribution in [-0.2, 0) is 9.59 Å². The van der Waals surface area contributed by atoms with Crippen molar-refractivity contribution in [1.82, 2.24) is 0 Å². The Morgan fingerprint density at radius 1 is 1.08 bits per heavy atom. The second-order valence-electron chi connectivity index (χ2n) is 2.36. The van der Waals surface area contributed by atoms with Crippen molar-refractivity contribution in [2.75, 3.05) is 0 Å². The molecule has 0 saturated carbocycles. The maximum absolute atomic E-state index is 10.0. The van der Waals surface area contributed by atoms with E-state index in [1.54, 1.807) is 6.08 Å². The predicted molar refractivity (Wildman–Crippen MR) is 42.9 cm³/mol. The van der Waals surface area contributed by atoms with Crippen LogP contribution in [0.2, 0.25) is 0 Å². The van der Waals surface area contributed by atoms with Gasteiger partial charge in [-0.15, -0.1) is 0 Å². The summed E-state index contributed by atoms with van der Waals surface area (Å²) in [6.45, 7) is 0. The highest BCUT2D eigenvalue weighted by Gasteiger charge is 1.93. The molecule has 0 fully saturated rings. The Morgan fingerprint density at radius 2 is 1.75 bits per heavy atom. The van der Waals surface area contributed by atoms with E-state index >= 15 is 0 Å². The number of aliphatic carboxylic acids is 2. The summed E-state index contributed by atoms with van der Waals surface area (Å²) in [5.74, 6) is -1.69. The summed E-state index contributed by atoms with van der Waals surface area (Å²) in [7, 11) is 0. The molecule has 0 spiro atoms. The Balaban J connectivity index is 3.25. The lowest BCUT2D eigenvalue weighted by atomic mass is 10.2. The van der Waals surface area contributed by atoms with Gasteiger partial charge in [0.25, 0.3) is 0 Å². The molecule has 2 N–H and O–H groups in total. The number of carbonyl (C=O) groups is 2. The zero-order chi connectivity index (χ0) is 9.40. The van der Waals surface area contributed by atoms with Crippen molar-refractivity contribution in [1.29, 1.82) is 0 Å². The molecule has 0 aliphatic rings. The van der Waals surface area contributed by atoms with Gasteiger partial charge in [0.2, 0.25) is 0 Å². The number of hydrogen-bond donors (Lipinski definition) is 2. The zero-order valence-corrected chi connectivity index (χ0v) is 6.69. The highest BCUT2D eigenvalue weighted by atomic mass is 16.4. The van der Waals surface area contributed by atoms with Crippen LogP contribution in [0.3, 0.4) is 0 Å². The summed E-state index contributed by atoms with van der Waals surface area (Å²) in [6, 6.07) is 0. The van der Waals surface area contributed by atoms with Gasteiger partial charge >= 0.3 is 11.9 Å². The third kappa shape index (κ3) is 8.68. The molecule has 0 aliphatic heterocycles. The van der Waals surface area contributed by atoms with Gasteiger partial charge in [0.15, 0.2) is 0 Å². The van der Waals surface area contributed by atoms with E-state index in [1.165, 1.54) is 6.08 Å². The molecule has 0 amide bonds. The number of hydrogen-bond acceptors (Lipinski definition) is 2. The highest BCUT2D eigenvalue weighted by Crippen LogP contribution is 1.97. The quantitative estimate of drug-likeness (QED) is 0.467. The first-order valence-electron chi connectivity index (χ1n) is 3.71. The summed E-state index contributed by atoms with van der Waals surface area (Å²) >= 11 is 0. The van der Waals surface area contributed by atoms with Crippen LogP contribution in [0, 0.1) is 0 Å². The fourth-order valence-electron chi connectivity index (χ4n) is 0.673. The number of carboxylic acids is 2. The Hall–Kier alpha value is -1.32. The van der Waals surface area contributed by atoms with Gasteiger partial charge < -0.3 is 10.2 Å². The molecule has 12 heavy (non-hydrogen) atoms. The third-order valence-electron chi connectivity index (χ3n) is 1.22. The molecule has 0 unspecified atom stereocenters. The summed E-state index contributed by atoms with van der Waals surface area (Å²) < 4.78 is 0. The number of rotatable bonds is 6. The van der Waals surface area contributed by atoms with E-state index in [1.807, 2.05) is 0 Å². The molecule has 0 aromatic carbocycles. The molecule has 68 valence electrons. The molecular weight excluding hydrogens is 160 g/mol. The zero-order valence-electron chi connectivity index (χ0n) is 6.69. The van der Waals surface area contributed by atoms with Gasteiger partial charge in [0, 0.05) is 6.42 Å². The first kappa shape index (κ1) is 10.7. The van der Waals surface area contributed by atoms with Crippen molar-refractivity contribution >= 4 is 11.9 Å². The molecule has 4 heteroatoms. The second-order valence-corrected chi connectivity index (χ2v) is 2.36. The Morgan fingerprint density at radius 3 is 2.25 bits per heavy atom. The lowest BCUT2D eigenvalue weighted by Crippen LogP contribution is -1.93. The smallest absolute Gasteiger partial charge is 0.307 e. The minimum atomic E-state index is -0.871. The van der Waals surface area contributed by atoms with E-state index in [0.29, 0.717) is 12.8 Å². The van der Waals surface area contributed by atoms with Crippen molar-refractivity contribution in [2.45, 2.75) is 25.7 Å². The molecule has 0 aromatic rings. The van der Waals surface area contributed by atoms with Crippen LogP contribution in [0.4, 0.5) is 0 Å². The molecule has 0 aromatic heterocycles. The lowest BCUT2D eigenvalue weighted by molar-refractivity contribution is -0.137. The van der Waals surface area contributed by atoms with Crippen LogP contribution < -0.4 is 0 Å². The average molecular weight is 172 g/mol. The molecule has 0 rings (SSSR count). The normalized spacial score (nSPS) is 10.3. The predicted octanol–water partition coefficient (Wildman–Crippen LogP) is 1.27. The van der Waals surface area contributed by atoms with Crippen molar-refractivity contribution in [3.05, 3.63) is 12.2 Å². The Bertz CT molecular complexity index is 183. The van der Waals surface area contributed by atoms with E-state index in [2.05, 4.69) is 0 Å². The maximum atomic E-state index is 10.0. The monoisotopic (exact) mass is 172 g/mol. The first-order chi connectivity index (χ1) is 5.63. The highest BCUT2D eigenvalue weighted by molar-refractivity contribution is 5.68. The van der Waals surface area contributed by atoms with Crippen LogP contribution in [0.15, 0.2) is 12.2 Å². The summed E-state index contributed by atoms with van der Waals surface area (Å²) in [5, 5.41) is 16.5. The molecule has 0 bridgehead atoms. The van der Waals surface area contributed by atoms with Crippen LogP contribution >= 0.6 is 0 Å². The standard InChI is InChI=1S/C8H12O4/c9-7(10)5-3-1-2-4-6-8(11)12/h1,3H,2,4-6H2,(H,9,10)(H,11,12). The molecule has 0 atom stereocenters. The van der Waals surface area contributed by atoms with E-state index in [-0.39, 0.29) is 12.8 Å². The number of carboxylic acid groups (broad SMARTS) is 2. The van der Waals surface area contributed by atoms with Gasteiger partial charge in [-0.3, -0.25) is 9.59 Å². The van der Waals surface area contributed by atoms with Gasteiger partial charge in [-0.2, -0.15) is 0 Å². The van der Waals surface area contributed by atoms with Crippen molar-refractivity contribution < 1.29 is 19.8 Å². The van der Waals surface area contributed by atoms with Crippen LogP contribution in [0.1, 0.15) is 25.7 Å². The average Bonchev–Trinajstić information content (AvgIpc) is 1.95. The largest absolute Gasteiger partial charge is 0.481 e. The molecule has 4 nitrogen and oxygen atoms in total. The Labute approximate surface area is 70.5 Å². The van der Waals surface area contributed by atoms with E-state index < -0.39 is 11.9 Å². The fourth-order valence-corrected chi connectivity index (χ4v) is 0.673. The van der Waals surface area contributed by atoms with Crippen molar-refractivity contribution in [3.63, 3.8) is 0 Å². The fraction of sp³-hybridized carbons (Fsp3) is 0.500. The van der Waals surface area contributed by atoms with Crippen LogP contribution in [0.5, 0.6) is 0 Å². The summed E-state index contributed by atoms with van der Waals surface area (Å²) in [6.07, 6.45) is 4.55. The van der Waals surface area contributed by atoms with Crippen LogP contribution in [-0.4, -0.2) is 22.2 Å². The molecule has 0 aliphatic carbocycles. The topological polar surface area (TPSA) is 74.6 Å². The Kier molecular flexibility index (Phi) is 5.69. The van der Waals surface area contributed by atoms with E-state index in [9.17, 15) is 9.59 Å². The van der Waals surface area contributed by atoms with Gasteiger partial charge in [-0.05, 0) is 12.8 Å². The number of unbranched alkanes of at least 4 members (excludes halogenated alkanes) is 1. The van der Waals surface area contributed by atoms with Gasteiger partial charge in [0.1, 0.15) is 0 Å². The first-order valence-corrected chi connectivity index (χ1v) is 3.71. The van der Waals surface area contributed by atoms with Gasteiger partial charge in [0.05, 0.1) is 6.42 Å². The number of allylic oxidation sites excluding steroid dienone is 1.